The first-order chi connectivity index (χ1) is 13.7. The molecule has 29 heavy (non-hydrogen) atoms. The summed E-state index contributed by atoms with van der Waals surface area (Å²) in [6, 6.07) is 13.5. The van der Waals surface area contributed by atoms with Crippen LogP contribution in [0.3, 0.4) is 0 Å². The van der Waals surface area contributed by atoms with Crippen LogP contribution in [0.15, 0.2) is 47.5 Å². The van der Waals surface area contributed by atoms with Gasteiger partial charge >= 0.3 is 0 Å². The normalized spacial score (nSPS) is 10.6. The van der Waals surface area contributed by atoms with Crippen LogP contribution in [0.4, 0.5) is 0 Å². The van der Waals surface area contributed by atoms with E-state index in [1.807, 2.05) is 42.5 Å². The summed E-state index contributed by atoms with van der Waals surface area (Å²) in [5, 5.41) is 6.56. The Hall–Kier alpha value is -2.36. The molecule has 2 aromatic rings. The predicted octanol–water partition coefficient (Wildman–Crippen LogP) is 3.46. The van der Waals surface area contributed by atoms with E-state index < -0.39 is 0 Å². The molecule has 0 aliphatic carbocycles. The summed E-state index contributed by atoms with van der Waals surface area (Å²) >= 11 is 0. The number of guanidine groups is 1. The Bertz CT molecular complexity index is 757. The molecule has 0 heterocycles. The lowest BCUT2D eigenvalue weighted by atomic mass is 10.1. The van der Waals surface area contributed by atoms with Crippen LogP contribution >= 0.6 is 24.0 Å². The third-order valence-electron chi connectivity index (χ3n) is 4.08. The molecule has 0 saturated carbocycles. The number of benzene rings is 2. The number of nitrogens with zero attached hydrogens (tertiary/aromatic N) is 1. The van der Waals surface area contributed by atoms with Gasteiger partial charge in [-0.15, -0.1) is 24.0 Å². The molecule has 0 bridgehead atoms. The average Bonchev–Trinajstić information content (AvgIpc) is 2.75. The molecule has 0 fully saturated rings. The lowest BCUT2D eigenvalue weighted by molar-refractivity contribution is 0.311. The lowest BCUT2D eigenvalue weighted by Gasteiger charge is -2.16. The molecule has 2 rings (SSSR count). The molecule has 0 amide bonds. The van der Waals surface area contributed by atoms with Crippen molar-refractivity contribution in [3.05, 3.63) is 48.0 Å². The summed E-state index contributed by atoms with van der Waals surface area (Å²) < 4.78 is 21.8. The molecule has 2 N–H and O–H groups in total. The van der Waals surface area contributed by atoms with Crippen LogP contribution in [0.5, 0.6) is 23.0 Å². The quantitative estimate of drug-likeness (QED) is 0.219. The molecule has 8 heteroatoms. The zero-order valence-corrected chi connectivity index (χ0v) is 19.7. The number of aliphatic imine (C=N–C) groups is 1. The van der Waals surface area contributed by atoms with Crippen molar-refractivity contribution in [2.24, 2.45) is 4.99 Å². The van der Waals surface area contributed by atoms with E-state index >= 15 is 0 Å². The smallest absolute Gasteiger partial charge is 0.191 e. The maximum atomic E-state index is 5.69. The maximum Gasteiger partial charge on any atom is 0.191 e. The third-order valence-corrected chi connectivity index (χ3v) is 4.08. The molecule has 0 saturated heterocycles. The van der Waals surface area contributed by atoms with E-state index in [1.165, 1.54) is 0 Å². The Labute approximate surface area is 189 Å². The zero-order chi connectivity index (χ0) is 20.2. The number of hydrogen-bond donors (Lipinski definition) is 2. The Morgan fingerprint density at radius 3 is 2.17 bits per heavy atom. The van der Waals surface area contributed by atoms with Gasteiger partial charge in [0.2, 0.25) is 0 Å². The molecule has 0 aliphatic heterocycles. The van der Waals surface area contributed by atoms with Crippen LogP contribution in [-0.2, 0) is 6.54 Å². The summed E-state index contributed by atoms with van der Waals surface area (Å²) in [4.78, 5) is 4.25. The number of ether oxygens (including phenoxy) is 4. The largest absolute Gasteiger partial charge is 0.496 e. The summed E-state index contributed by atoms with van der Waals surface area (Å²) in [7, 11) is 6.58. The van der Waals surface area contributed by atoms with Crippen molar-refractivity contribution in [1.82, 2.24) is 10.6 Å². The van der Waals surface area contributed by atoms with E-state index in [1.54, 1.807) is 28.4 Å². The van der Waals surface area contributed by atoms with Gasteiger partial charge in [-0.1, -0.05) is 18.2 Å². The van der Waals surface area contributed by atoms with Gasteiger partial charge in [-0.25, -0.2) is 0 Å². The monoisotopic (exact) mass is 515 g/mol. The minimum absolute atomic E-state index is 0. The SMILES string of the molecule is CN=C(NCCCOc1ccccc1)NCc1cc(OC)c(OC)cc1OC.I. The Kier molecular flexibility index (Phi) is 11.7. The van der Waals surface area contributed by atoms with Gasteiger partial charge in [0.15, 0.2) is 17.5 Å². The summed E-state index contributed by atoms with van der Waals surface area (Å²) in [5.41, 5.74) is 0.940. The van der Waals surface area contributed by atoms with Gasteiger partial charge in [-0.3, -0.25) is 4.99 Å². The van der Waals surface area contributed by atoms with Crippen molar-refractivity contribution in [2.75, 3.05) is 41.5 Å². The van der Waals surface area contributed by atoms with Crippen LogP contribution in [0.2, 0.25) is 0 Å². The predicted molar refractivity (Wildman–Crippen MR) is 126 cm³/mol. The molecule has 0 radical (unpaired) electrons. The first kappa shape index (κ1) is 24.7. The number of rotatable bonds is 10. The molecular formula is C21H30IN3O4. The van der Waals surface area contributed by atoms with Crippen LogP contribution in [0.25, 0.3) is 0 Å². The third kappa shape index (κ3) is 7.88. The lowest BCUT2D eigenvalue weighted by Crippen LogP contribution is -2.37. The summed E-state index contributed by atoms with van der Waals surface area (Å²) in [6.07, 6.45) is 0.856. The average molecular weight is 515 g/mol. The topological polar surface area (TPSA) is 73.3 Å². The molecule has 0 aromatic heterocycles. The highest BCUT2D eigenvalue weighted by Crippen LogP contribution is 2.34. The van der Waals surface area contributed by atoms with Crippen molar-refractivity contribution < 1.29 is 18.9 Å². The van der Waals surface area contributed by atoms with Crippen LogP contribution < -0.4 is 29.6 Å². The molecule has 0 atom stereocenters. The second-order valence-corrected chi connectivity index (χ2v) is 5.89. The molecule has 0 aliphatic rings. The van der Waals surface area contributed by atoms with Crippen LogP contribution in [0, 0.1) is 0 Å². The number of hydrogen-bond acceptors (Lipinski definition) is 5. The maximum absolute atomic E-state index is 5.69. The van der Waals surface area contributed by atoms with Crippen molar-refractivity contribution in [3.63, 3.8) is 0 Å². The van der Waals surface area contributed by atoms with Crippen LogP contribution in [0.1, 0.15) is 12.0 Å². The van der Waals surface area contributed by atoms with Crippen molar-refractivity contribution in [3.8, 4) is 23.0 Å². The van der Waals surface area contributed by atoms with E-state index in [0.29, 0.717) is 30.6 Å². The number of methoxy groups -OCH3 is 3. The van der Waals surface area contributed by atoms with Crippen LogP contribution in [-0.4, -0.2) is 47.5 Å². The molecule has 0 unspecified atom stereocenters. The highest BCUT2D eigenvalue weighted by Gasteiger charge is 2.12. The van der Waals surface area contributed by atoms with Gasteiger partial charge in [0, 0.05) is 31.8 Å². The van der Waals surface area contributed by atoms with Gasteiger partial charge in [0.25, 0.3) is 0 Å². The number of halogens is 1. The fourth-order valence-corrected chi connectivity index (χ4v) is 2.62. The summed E-state index contributed by atoms with van der Waals surface area (Å²) in [5.74, 6) is 3.59. The van der Waals surface area contributed by atoms with Crippen molar-refractivity contribution >= 4 is 29.9 Å². The Morgan fingerprint density at radius 2 is 1.55 bits per heavy atom. The van der Waals surface area contributed by atoms with Crippen molar-refractivity contribution in [1.29, 1.82) is 0 Å². The van der Waals surface area contributed by atoms with Gasteiger partial charge in [0.05, 0.1) is 27.9 Å². The molecule has 160 valence electrons. The minimum Gasteiger partial charge on any atom is -0.496 e. The van der Waals surface area contributed by atoms with E-state index in [4.69, 9.17) is 18.9 Å². The van der Waals surface area contributed by atoms with E-state index in [0.717, 1.165) is 30.0 Å². The second kappa shape index (κ2) is 13.8. The van der Waals surface area contributed by atoms with Gasteiger partial charge in [-0.2, -0.15) is 0 Å². The highest BCUT2D eigenvalue weighted by molar-refractivity contribution is 14.0. The van der Waals surface area contributed by atoms with Gasteiger partial charge < -0.3 is 29.6 Å². The fraction of sp³-hybridized carbons (Fsp3) is 0.381. The Morgan fingerprint density at radius 1 is 0.897 bits per heavy atom. The molecule has 7 nitrogen and oxygen atoms in total. The van der Waals surface area contributed by atoms with E-state index in [9.17, 15) is 0 Å². The standard InChI is InChI=1S/C21H29N3O4.HI/c1-22-21(23-11-8-12-28-17-9-6-5-7-10-17)24-15-16-13-19(26-3)20(27-4)14-18(16)25-2;/h5-7,9-10,13-14H,8,11-12,15H2,1-4H3,(H2,22,23,24);1H. The van der Waals surface area contributed by atoms with E-state index in [-0.39, 0.29) is 24.0 Å². The fourth-order valence-electron chi connectivity index (χ4n) is 2.62. The molecule has 0 spiro atoms. The number of para-hydroxylation sites is 1. The Balaban J connectivity index is 0.00000420. The van der Waals surface area contributed by atoms with Gasteiger partial charge in [0.1, 0.15) is 11.5 Å². The first-order valence-electron chi connectivity index (χ1n) is 9.13. The highest BCUT2D eigenvalue weighted by atomic mass is 127. The number of nitrogens with one attached hydrogen (secondary N) is 2. The molecule has 2 aromatic carbocycles. The summed E-state index contributed by atoms with van der Waals surface area (Å²) in [6.45, 7) is 1.91. The van der Waals surface area contributed by atoms with Gasteiger partial charge in [-0.05, 0) is 24.6 Å². The molecular weight excluding hydrogens is 485 g/mol. The van der Waals surface area contributed by atoms with E-state index in [2.05, 4.69) is 15.6 Å². The second-order valence-electron chi connectivity index (χ2n) is 5.89. The van der Waals surface area contributed by atoms with Crippen molar-refractivity contribution in [2.45, 2.75) is 13.0 Å². The minimum atomic E-state index is 0. The first-order valence-corrected chi connectivity index (χ1v) is 9.13. The zero-order valence-electron chi connectivity index (χ0n) is 17.4.